The summed E-state index contributed by atoms with van der Waals surface area (Å²) in [6.45, 7) is 8.74. The van der Waals surface area contributed by atoms with E-state index in [1.165, 1.54) is 12.5 Å². The minimum absolute atomic E-state index is 0.00618. The van der Waals surface area contributed by atoms with Crippen LogP contribution in [0.5, 0.6) is 0 Å². The van der Waals surface area contributed by atoms with Gasteiger partial charge in [0.1, 0.15) is 0 Å². The Morgan fingerprint density at radius 2 is 1.93 bits per heavy atom. The average molecular weight is 406 g/mol. The number of carbonyl (C=O) groups excluding carboxylic acids is 1. The summed E-state index contributed by atoms with van der Waals surface area (Å²) in [6.07, 6.45) is 6.22. The Bertz CT molecular complexity index is 1250. The molecule has 2 N–H and O–H groups in total. The summed E-state index contributed by atoms with van der Waals surface area (Å²) in [5.74, 6) is 0.255. The Kier molecular flexibility index (Phi) is 5.20. The van der Waals surface area contributed by atoms with Gasteiger partial charge in [-0.05, 0) is 51.3 Å². The predicted octanol–water partition coefficient (Wildman–Crippen LogP) is 4.31. The summed E-state index contributed by atoms with van der Waals surface area (Å²) in [7, 11) is 0. The number of allylic oxidation sites excluding steroid dienone is 4. The first-order valence-corrected chi connectivity index (χ1v) is 10.4. The maximum absolute atomic E-state index is 12.7. The first-order chi connectivity index (χ1) is 14.4. The number of H-pyrrole nitrogens is 1. The lowest BCUT2D eigenvalue weighted by Gasteiger charge is -2.12. The molecule has 7 heteroatoms. The van der Waals surface area contributed by atoms with Crippen molar-refractivity contribution in [1.82, 2.24) is 19.1 Å². The zero-order valence-electron chi connectivity index (χ0n) is 17.9. The number of hydrogen-bond acceptors (Lipinski definition) is 3. The van der Waals surface area contributed by atoms with E-state index in [2.05, 4.69) is 34.4 Å². The van der Waals surface area contributed by atoms with Crippen molar-refractivity contribution in [3.63, 3.8) is 0 Å². The molecule has 0 bridgehead atoms. The van der Waals surface area contributed by atoms with Gasteiger partial charge in [-0.1, -0.05) is 23.8 Å². The highest BCUT2D eigenvalue weighted by Gasteiger charge is 2.20. The number of aromatic nitrogens is 4. The molecule has 7 nitrogen and oxygen atoms in total. The molecule has 0 fully saturated rings. The molecule has 1 aromatic carbocycles. The van der Waals surface area contributed by atoms with Crippen molar-refractivity contribution in [2.75, 3.05) is 5.32 Å². The van der Waals surface area contributed by atoms with Crippen LogP contribution in [0.3, 0.4) is 0 Å². The molecule has 3 aromatic rings. The van der Waals surface area contributed by atoms with E-state index in [0.717, 1.165) is 46.4 Å². The van der Waals surface area contributed by atoms with Crippen LogP contribution in [0.1, 0.15) is 46.2 Å². The molecular weight excluding hydrogens is 378 g/mol. The van der Waals surface area contributed by atoms with Gasteiger partial charge in [0.25, 0.3) is 0 Å². The molecule has 0 radical (unpaired) electrons. The monoisotopic (exact) mass is 405 g/mol. The van der Waals surface area contributed by atoms with Crippen LogP contribution < -0.4 is 11.0 Å². The van der Waals surface area contributed by atoms with E-state index in [1.807, 2.05) is 32.0 Å². The van der Waals surface area contributed by atoms with Gasteiger partial charge in [-0.3, -0.25) is 19.2 Å². The fourth-order valence-electron chi connectivity index (χ4n) is 4.17. The Morgan fingerprint density at radius 3 is 2.60 bits per heavy atom. The van der Waals surface area contributed by atoms with Crippen molar-refractivity contribution in [3.8, 4) is 11.3 Å². The van der Waals surface area contributed by atoms with E-state index >= 15 is 0 Å². The van der Waals surface area contributed by atoms with Crippen molar-refractivity contribution in [2.45, 2.75) is 53.6 Å². The molecule has 0 spiro atoms. The number of nitrogens with zero attached hydrogens (tertiary/aromatic N) is 3. The summed E-state index contributed by atoms with van der Waals surface area (Å²) in [5.41, 5.74) is 6.80. The number of rotatable bonds is 5. The third-order valence-electron chi connectivity index (χ3n) is 5.52. The van der Waals surface area contributed by atoms with E-state index in [-0.39, 0.29) is 11.6 Å². The van der Waals surface area contributed by atoms with Gasteiger partial charge < -0.3 is 4.98 Å². The third-order valence-corrected chi connectivity index (χ3v) is 5.52. The molecule has 4 rings (SSSR count). The largest absolute Gasteiger partial charge is 0.329 e. The standard InChI is InChI=1S/C23H27N5O2/c1-5-27-18-11-10-17(13-19(18)28(6-2)23(27)30)21-20(16-9-7-8-14(3)12-16)25-22(26-21)24-15(4)29/h8,10-13H,5-7,9H2,1-4H3,(H2,24,25,26,29). The zero-order chi connectivity index (χ0) is 21.4. The highest BCUT2D eigenvalue weighted by molar-refractivity contribution is 5.90. The molecular formula is C23H27N5O2. The number of fused-ring (bicyclic) bond motifs is 1. The second-order valence-electron chi connectivity index (χ2n) is 7.62. The molecule has 1 amide bonds. The number of aryl methyl sites for hydroxylation is 2. The molecule has 0 saturated heterocycles. The van der Waals surface area contributed by atoms with Gasteiger partial charge in [0.2, 0.25) is 11.9 Å². The quantitative estimate of drug-likeness (QED) is 0.663. The van der Waals surface area contributed by atoms with E-state index in [4.69, 9.17) is 0 Å². The van der Waals surface area contributed by atoms with Crippen LogP contribution >= 0.6 is 0 Å². The van der Waals surface area contributed by atoms with Crippen LogP contribution in [0.15, 0.2) is 40.7 Å². The van der Waals surface area contributed by atoms with Gasteiger partial charge in [-0.15, -0.1) is 0 Å². The number of carbonyl (C=O) groups is 1. The second kappa shape index (κ2) is 7.82. The van der Waals surface area contributed by atoms with Crippen molar-refractivity contribution in [3.05, 3.63) is 52.1 Å². The number of imidazole rings is 2. The number of nitrogens with one attached hydrogen (secondary N) is 2. The molecule has 1 aliphatic rings. The van der Waals surface area contributed by atoms with Gasteiger partial charge in [0, 0.05) is 25.6 Å². The molecule has 2 aromatic heterocycles. The van der Waals surface area contributed by atoms with Gasteiger partial charge in [-0.2, -0.15) is 0 Å². The minimum atomic E-state index is -0.175. The van der Waals surface area contributed by atoms with Crippen molar-refractivity contribution >= 4 is 28.5 Å². The highest BCUT2D eigenvalue weighted by Crippen LogP contribution is 2.34. The fourth-order valence-corrected chi connectivity index (χ4v) is 4.17. The number of hydrogen-bond donors (Lipinski definition) is 2. The van der Waals surface area contributed by atoms with Gasteiger partial charge >= 0.3 is 5.69 Å². The van der Waals surface area contributed by atoms with Gasteiger partial charge in [0.15, 0.2) is 0 Å². The Morgan fingerprint density at radius 1 is 1.20 bits per heavy atom. The van der Waals surface area contributed by atoms with Crippen LogP contribution in [0, 0.1) is 0 Å². The first-order valence-electron chi connectivity index (χ1n) is 10.4. The maximum atomic E-state index is 12.7. The lowest BCUT2D eigenvalue weighted by molar-refractivity contribution is -0.114. The van der Waals surface area contributed by atoms with E-state index in [0.29, 0.717) is 19.0 Å². The molecule has 156 valence electrons. The zero-order valence-corrected chi connectivity index (χ0v) is 17.9. The van der Waals surface area contributed by atoms with Gasteiger partial charge in [0.05, 0.1) is 22.4 Å². The van der Waals surface area contributed by atoms with Crippen LogP contribution in [-0.2, 0) is 17.9 Å². The first kappa shape index (κ1) is 19.9. The summed E-state index contributed by atoms with van der Waals surface area (Å²) < 4.78 is 3.58. The Balaban J connectivity index is 1.92. The number of benzene rings is 1. The molecule has 0 aliphatic heterocycles. The molecule has 0 saturated carbocycles. The third kappa shape index (κ3) is 3.40. The SMILES string of the molecule is CCn1c(=O)n(CC)c2cc(-c3[nH]c(NC(C)=O)nc3C3=CC(C)=CCC3)ccc21. The topological polar surface area (TPSA) is 84.7 Å². The van der Waals surface area contributed by atoms with E-state index in [9.17, 15) is 9.59 Å². The van der Waals surface area contributed by atoms with Gasteiger partial charge in [-0.25, -0.2) is 9.78 Å². The number of amides is 1. The van der Waals surface area contributed by atoms with E-state index < -0.39 is 0 Å². The lowest BCUT2D eigenvalue weighted by atomic mass is 9.95. The van der Waals surface area contributed by atoms with Crippen molar-refractivity contribution in [2.24, 2.45) is 0 Å². The molecule has 0 unspecified atom stereocenters. The second-order valence-corrected chi connectivity index (χ2v) is 7.62. The van der Waals surface area contributed by atoms with Crippen LogP contribution in [0.4, 0.5) is 5.95 Å². The normalized spacial score (nSPS) is 14.0. The van der Waals surface area contributed by atoms with Crippen molar-refractivity contribution in [1.29, 1.82) is 0 Å². The Labute approximate surface area is 175 Å². The summed E-state index contributed by atoms with van der Waals surface area (Å²) in [4.78, 5) is 32.3. The smallest absolute Gasteiger partial charge is 0.323 e. The fraction of sp³-hybridized carbons (Fsp3) is 0.348. The van der Waals surface area contributed by atoms with Crippen molar-refractivity contribution < 1.29 is 4.79 Å². The number of aromatic amines is 1. The minimum Gasteiger partial charge on any atom is -0.323 e. The molecule has 1 aliphatic carbocycles. The van der Waals surface area contributed by atoms with Crippen LogP contribution in [0.25, 0.3) is 27.9 Å². The van der Waals surface area contributed by atoms with Crippen LogP contribution in [-0.4, -0.2) is 25.0 Å². The lowest BCUT2D eigenvalue weighted by Crippen LogP contribution is -2.22. The highest BCUT2D eigenvalue weighted by atomic mass is 16.2. The molecule has 0 atom stereocenters. The maximum Gasteiger partial charge on any atom is 0.329 e. The van der Waals surface area contributed by atoms with Crippen LogP contribution in [0.2, 0.25) is 0 Å². The predicted molar refractivity (Wildman–Crippen MR) is 120 cm³/mol. The summed E-state index contributed by atoms with van der Waals surface area (Å²) in [5, 5.41) is 2.76. The summed E-state index contributed by atoms with van der Waals surface area (Å²) in [6, 6.07) is 6.03. The molecule has 30 heavy (non-hydrogen) atoms. The summed E-state index contributed by atoms with van der Waals surface area (Å²) >= 11 is 0. The molecule has 2 heterocycles. The number of anilines is 1. The van der Waals surface area contributed by atoms with E-state index in [1.54, 1.807) is 9.13 Å². The average Bonchev–Trinajstić information content (AvgIpc) is 3.24. The Hall–Kier alpha value is -3.35.